The number of aromatic nitrogens is 4. The maximum Gasteiger partial charge on any atom is 0.409 e. The van der Waals surface area contributed by atoms with E-state index in [0.717, 1.165) is 76.2 Å². The van der Waals surface area contributed by atoms with Crippen molar-refractivity contribution in [2.45, 2.75) is 136 Å². The van der Waals surface area contributed by atoms with Gasteiger partial charge < -0.3 is 51.4 Å². The molecule has 2 aliphatic heterocycles. The lowest BCUT2D eigenvalue weighted by Crippen LogP contribution is -2.54. The second-order valence-corrected chi connectivity index (χ2v) is 28.1. The molecule has 12 rings (SSSR count). The molecule has 3 aromatic carbocycles. The number of urea groups is 1. The van der Waals surface area contributed by atoms with Crippen LogP contribution in [0.5, 0.6) is 0 Å². The zero-order valence-electron chi connectivity index (χ0n) is 54.3. The van der Waals surface area contributed by atoms with Crippen molar-refractivity contribution in [2.24, 2.45) is 27.9 Å². The molecular formula is C69H81N13O12S. The summed E-state index contributed by atoms with van der Waals surface area (Å²) >= 11 is 1.41. The van der Waals surface area contributed by atoms with E-state index in [9.17, 15) is 48.3 Å². The molecule has 26 heteroatoms. The first-order chi connectivity index (χ1) is 45.3. The smallest absolute Gasteiger partial charge is 0.409 e. The zero-order valence-corrected chi connectivity index (χ0v) is 55.1. The maximum atomic E-state index is 13.8. The molecule has 8 N–H and O–H groups in total. The molecule has 4 unspecified atom stereocenters. The van der Waals surface area contributed by atoms with E-state index in [-0.39, 0.29) is 85.7 Å². The highest BCUT2D eigenvalue weighted by atomic mass is 32.1. The number of para-hydroxylation sites is 1. The van der Waals surface area contributed by atoms with Gasteiger partial charge in [0.25, 0.3) is 17.7 Å². The number of thiazole rings is 1. The van der Waals surface area contributed by atoms with Crippen LogP contribution in [0.4, 0.5) is 26.2 Å². The lowest BCUT2D eigenvalue weighted by Gasteiger charge is -2.46. The number of nitrogens with two attached hydrogens (primary N) is 1. The number of primary amides is 1. The summed E-state index contributed by atoms with van der Waals surface area (Å²) in [6.07, 6.45) is 9.32. The standard InChI is InChI=1S/C69H81N13O12S/c1-41(2)57(77-54(83)17-11-28-81-55(84)24-25-56(81)85)61(88)74-51(15-10-27-71-63(70)91)60(87)73-45-20-18-43(19-21-45)34-93-65(92)79(6)30-31-94-69-37-66(4)35-67(69,5)38-68(36-66,39-69)40-82-42(3)48(32-72-82)46-22-23-53(76-58(46)62(89)90)80-29-26-44-12-9-13-47(49(44)33-80)59(86)78-64-75-50-14-7-8-16-52(50)95-64/h7-9,12-14,16,18-25,32,41,51,57H,10-11,15,17,26-31,33-40H2,1-6H3,(H,73,87)(H,74,88)(H,77,83)(H,89,90)(H3,70,71,91)(H,75,78,86)/t51-,57-,66?,67?,68?,69?/m0/s1. The van der Waals surface area contributed by atoms with Crippen molar-refractivity contribution in [2.75, 3.05) is 55.4 Å². The number of carbonyl (C=O) groups is 9. The average molecular weight is 1320 g/mol. The van der Waals surface area contributed by atoms with Gasteiger partial charge in [0, 0.05) is 93.0 Å². The number of rotatable bonds is 27. The Morgan fingerprint density at radius 2 is 1.61 bits per heavy atom. The Labute approximate surface area is 553 Å². The number of carboxylic acid groups (broad SMARTS) is 1. The van der Waals surface area contributed by atoms with E-state index >= 15 is 0 Å². The highest BCUT2D eigenvalue weighted by Crippen LogP contribution is 2.77. The van der Waals surface area contributed by atoms with Crippen molar-refractivity contribution < 1.29 is 57.7 Å². The van der Waals surface area contributed by atoms with Gasteiger partial charge in [0.05, 0.1) is 28.6 Å². The van der Waals surface area contributed by atoms with Crippen molar-refractivity contribution >= 4 is 91.7 Å². The van der Waals surface area contributed by atoms with E-state index in [2.05, 4.69) is 45.4 Å². The zero-order chi connectivity index (χ0) is 67.6. The molecule has 4 bridgehead atoms. The van der Waals surface area contributed by atoms with Gasteiger partial charge in [0.15, 0.2) is 10.8 Å². The van der Waals surface area contributed by atoms with Crippen LogP contribution in [0, 0.1) is 29.1 Å². The Morgan fingerprint density at radius 1 is 0.842 bits per heavy atom. The molecule has 500 valence electrons. The Kier molecular flexibility index (Phi) is 19.3. The molecule has 6 aliphatic rings. The lowest BCUT2D eigenvalue weighted by atomic mass is 9.60. The molecule has 0 spiro atoms. The number of imide groups is 1. The number of hydrogen-bond acceptors (Lipinski definition) is 16. The molecule has 0 radical (unpaired) electrons. The van der Waals surface area contributed by atoms with Crippen molar-refractivity contribution in [3.05, 3.63) is 131 Å². The fourth-order valence-corrected chi connectivity index (χ4v) is 16.3. The summed E-state index contributed by atoms with van der Waals surface area (Å²) in [5.74, 6) is -3.85. The molecule has 4 saturated carbocycles. The third-order valence-corrected chi connectivity index (χ3v) is 20.4. The SMILES string of the molecule is Cc1c(-c2ccc(N3CCc4cccc(C(=O)Nc5nc6ccccc6s5)c4C3)nc2C(=O)O)cnn1CC12CC3(C)CC(C)(C1)C(OCCN(C)C(=O)OCc1ccc(NC(=O)[C@H](CCCNC(N)=O)NC(=O)[C@@H](NC(=O)CCCN4C(=O)C=CC4=O)C(C)C)cc1)(C3)C2. The van der Waals surface area contributed by atoms with Gasteiger partial charge >= 0.3 is 18.1 Å². The van der Waals surface area contributed by atoms with Gasteiger partial charge in [-0.15, -0.1) is 0 Å². The van der Waals surface area contributed by atoms with Crippen LogP contribution < -0.4 is 37.2 Å². The number of likely N-dealkylation sites (N-methyl/N-ethyl adjacent to an activating group) is 1. The number of benzene rings is 3. The second-order valence-electron chi connectivity index (χ2n) is 27.0. The molecule has 6 aromatic rings. The number of amides is 9. The number of fused-ring (bicyclic) bond motifs is 2. The van der Waals surface area contributed by atoms with Gasteiger partial charge in [-0.3, -0.25) is 43.7 Å². The molecule has 25 nitrogen and oxygen atoms in total. The van der Waals surface area contributed by atoms with Gasteiger partial charge in [-0.1, -0.05) is 75.4 Å². The Morgan fingerprint density at radius 3 is 2.35 bits per heavy atom. The fraction of sp³-hybridized carbons (Fsp3) is 0.449. The number of nitrogens with zero attached hydrogens (tertiary/aromatic N) is 7. The van der Waals surface area contributed by atoms with Gasteiger partial charge in [0.2, 0.25) is 17.7 Å². The van der Waals surface area contributed by atoms with Crippen LogP contribution in [0.2, 0.25) is 0 Å². The minimum Gasteiger partial charge on any atom is -0.476 e. The molecule has 95 heavy (non-hydrogen) atoms. The van der Waals surface area contributed by atoms with Crippen molar-refractivity contribution in [3.8, 4) is 11.1 Å². The number of aromatic carboxylic acids is 1. The summed E-state index contributed by atoms with van der Waals surface area (Å²) < 4.78 is 15.7. The van der Waals surface area contributed by atoms with Crippen LogP contribution in [0.15, 0.2) is 97.2 Å². The lowest BCUT2D eigenvalue weighted by molar-refractivity contribution is -0.137. The highest BCUT2D eigenvalue weighted by molar-refractivity contribution is 7.22. The molecule has 9 amide bonds. The summed E-state index contributed by atoms with van der Waals surface area (Å²) in [7, 11) is 1.66. The van der Waals surface area contributed by atoms with Crippen molar-refractivity contribution in [1.82, 2.24) is 45.5 Å². The minimum atomic E-state index is -1.16. The predicted molar refractivity (Wildman–Crippen MR) is 355 cm³/mol. The van der Waals surface area contributed by atoms with Gasteiger partial charge in [-0.25, -0.2) is 24.4 Å². The van der Waals surface area contributed by atoms with Crippen LogP contribution in [-0.2, 0) is 59.6 Å². The quantitative estimate of drug-likeness (QED) is 0.0189. The van der Waals surface area contributed by atoms with Crippen LogP contribution in [-0.4, -0.2) is 146 Å². The van der Waals surface area contributed by atoms with Crippen molar-refractivity contribution in [1.29, 1.82) is 0 Å². The van der Waals surface area contributed by atoms with E-state index in [1.807, 2.05) is 65.0 Å². The van der Waals surface area contributed by atoms with Crippen molar-refractivity contribution in [3.63, 3.8) is 0 Å². The van der Waals surface area contributed by atoms with Crippen LogP contribution in [0.1, 0.15) is 129 Å². The van der Waals surface area contributed by atoms with E-state index in [1.165, 1.54) is 16.2 Å². The first-order valence-corrected chi connectivity index (χ1v) is 33.0. The maximum absolute atomic E-state index is 13.8. The summed E-state index contributed by atoms with van der Waals surface area (Å²) in [6.45, 7) is 12.4. The number of pyridine rings is 1. The fourth-order valence-electron chi connectivity index (χ4n) is 15.5. The Bertz CT molecular complexity index is 3990. The molecule has 0 saturated heterocycles. The van der Waals surface area contributed by atoms with E-state index < -0.39 is 65.3 Å². The van der Waals surface area contributed by atoms with Gasteiger partial charge in [-0.2, -0.15) is 5.10 Å². The Hall–Kier alpha value is -9.56. The molecule has 3 aromatic heterocycles. The third-order valence-electron chi connectivity index (χ3n) is 19.4. The topological polar surface area (TPSA) is 332 Å². The predicted octanol–water partition coefficient (Wildman–Crippen LogP) is 8.11. The number of carboxylic acids is 1. The first-order valence-electron chi connectivity index (χ1n) is 32.2. The summed E-state index contributed by atoms with van der Waals surface area (Å²) in [4.78, 5) is 130. The molecule has 4 fully saturated rings. The number of hydrogen-bond donors (Lipinski definition) is 7. The average Bonchev–Trinajstić information content (AvgIpc) is 1.51. The highest BCUT2D eigenvalue weighted by Gasteiger charge is 2.74. The normalized spacial score (nSPS) is 21.4. The monoisotopic (exact) mass is 1320 g/mol. The molecular weight excluding hydrogens is 1230 g/mol. The van der Waals surface area contributed by atoms with E-state index in [1.54, 1.807) is 57.4 Å². The molecule has 5 heterocycles. The van der Waals surface area contributed by atoms with E-state index in [4.69, 9.17) is 25.3 Å². The van der Waals surface area contributed by atoms with Crippen LogP contribution in [0.3, 0.4) is 0 Å². The van der Waals surface area contributed by atoms with Gasteiger partial charge in [-0.05, 0) is 146 Å². The summed E-state index contributed by atoms with van der Waals surface area (Å²) in [5, 5.41) is 29.9. The van der Waals surface area contributed by atoms with E-state index in [0.29, 0.717) is 71.6 Å². The minimum absolute atomic E-state index is 0.0217. The Balaban J connectivity index is 0.666. The summed E-state index contributed by atoms with van der Waals surface area (Å²) in [6, 6.07) is 20.9. The number of carbonyl (C=O) groups excluding carboxylic acids is 8. The van der Waals surface area contributed by atoms with Gasteiger partial charge in [0.1, 0.15) is 24.5 Å². The largest absolute Gasteiger partial charge is 0.476 e. The molecule has 6 atom stereocenters. The third kappa shape index (κ3) is 14.6. The second kappa shape index (κ2) is 27.4. The number of nitrogens with one attached hydrogen (secondary N) is 5. The summed E-state index contributed by atoms with van der Waals surface area (Å²) in [5.41, 5.74) is 10.8. The number of ether oxygens (including phenoxy) is 2. The van der Waals surface area contributed by atoms with Crippen LogP contribution in [0.25, 0.3) is 21.3 Å². The first kappa shape index (κ1) is 66.9. The number of anilines is 3. The van der Waals surface area contributed by atoms with Crippen LogP contribution >= 0.6 is 11.3 Å². The molecule has 4 aliphatic carbocycles.